The van der Waals surface area contributed by atoms with Crippen LogP contribution < -0.4 is 9.47 Å². The zero-order valence-electron chi connectivity index (χ0n) is 20.2. The van der Waals surface area contributed by atoms with Crippen molar-refractivity contribution in [1.29, 1.82) is 5.26 Å². The van der Waals surface area contributed by atoms with Gasteiger partial charge in [-0.25, -0.2) is 4.85 Å². The Kier molecular flexibility index (Phi) is 7.86. The monoisotopic (exact) mass is 617 g/mol. The number of rotatable bonds is 7. The van der Waals surface area contributed by atoms with E-state index in [1.807, 2.05) is 42.5 Å². The highest BCUT2D eigenvalue weighted by Crippen LogP contribution is 2.44. The molecule has 1 heterocycles. The maximum absolute atomic E-state index is 11.7. The summed E-state index contributed by atoms with van der Waals surface area (Å²) in [5.74, 6) is 0.192. The highest BCUT2D eigenvalue weighted by Gasteiger charge is 2.28. The molecule has 0 N–H and O–H groups in total. The second-order valence-corrected chi connectivity index (χ2v) is 10.4. The molecule has 1 aliphatic carbocycles. The number of aldehydes is 1. The van der Waals surface area contributed by atoms with Crippen LogP contribution in [0.3, 0.4) is 0 Å². The number of benzene rings is 3. The first-order valence-corrected chi connectivity index (χ1v) is 13.4. The fourth-order valence-corrected chi connectivity index (χ4v) is 5.43. The SMILES string of the molecule is [C-]#[N+]c1cc(C#N)cc(COc2nc(O[C@H]3CCc4c(-c5cccc(Br)c5Cl)cccc43)c(Cl)cc2C=O)c1. The summed E-state index contributed by atoms with van der Waals surface area (Å²) in [6.07, 6.45) is 1.79. The first kappa shape index (κ1) is 26.7. The molecule has 0 radical (unpaired) electrons. The van der Waals surface area contributed by atoms with Crippen LogP contribution in [0.25, 0.3) is 16.0 Å². The Morgan fingerprint density at radius 3 is 2.69 bits per heavy atom. The predicted octanol–water partition coefficient (Wildman–Crippen LogP) is 8.70. The average molecular weight is 619 g/mol. The highest BCUT2D eigenvalue weighted by atomic mass is 79.9. The average Bonchev–Trinajstić information content (AvgIpc) is 3.37. The Hall–Kier alpha value is -3.88. The summed E-state index contributed by atoms with van der Waals surface area (Å²) in [4.78, 5) is 19.5. The quantitative estimate of drug-likeness (QED) is 0.153. The molecule has 0 unspecified atom stereocenters. The topological polar surface area (TPSA) is 76.6 Å². The van der Waals surface area contributed by atoms with E-state index in [2.05, 4.69) is 25.8 Å². The molecule has 1 aromatic heterocycles. The summed E-state index contributed by atoms with van der Waals surface area (Å²) in [6, 6.07) is 20.1. The van der Waals surface area contributed by atoms with Crippen LogP contribution in [0.4, 0.5) is 5.69 Å². The van der Waals surface area contributed by atoms with Crippen LogP contribution in [0.15, 0.2) is 65.1 Å². The van der Waals surface area contributed by atoms with E-state index >= 15 is 0 Å². The van der Waals surface area contributed by atoms with E-state index < -0.39 is 0 Å². The van der Waals surface area contributed by atoms with Crippen molar-refractivity contribution in [2.45, 2.75) is 25.6 Å². The predicted molar refractivity (Wildman–Crippen MR) is 153 cm³/mol. The van der Waals surface area contributed by atoms with E-state index in [1.165, 1.54) is 12.1 Å². The van der Waals surface area contributed by atoms with Crippen LogP contribution in [0.2, 0.25) is 10.0 Å². The minimum absolute atomic E-state index is 0.00400. The van der Waals surface area contributed by atoms with Gasteiger partial charge in [0.25, 0.3) is 0 Å². The van der Waals surface area contributed by atoms with Crippen molar-refractivity contribution in [3.05, 3.63) is 114 Å². The van der Waals surface area contributed by atoms with Crippen molar-refractivity contribution in [2.75, 3.05) is 0 Å². The Morgan fingerprint density at radius 1 is 1.13 bits per heavy atom. The number of carbonyl (C=O) groups is 1. The number of carbonyl (C=O) groups excluding carboxylic acids is 1. The van der Waals surface area contributed by atoms with Gasteiger partial charge in [0.15, 0.2) is 12.0 Å². The lowest BCUT2D eigenvalue weighted by molar-refractivity contribution is 0.111. The Bertz CT molecular complexity index is 1660. The van der Waals surface area contributed by atoms with E-state index in [-0.39, 0.29) is 35.1 Å². The van der Waals surface area contributed by atoms with Crippen LogP contribution in [0, 0.1) is 17.9 Å². The molecule has 1 aliphatic rings. The van der Waals surface area contributed by atoms with E-state index in [9.17, 15) is 10.1 Å². The third kappa shape index (κ3) is 5.48. The zero-order chi connectivity index (χ0) is 27.5. The lowest BCUT2D eigenvalue weighted by atomic mass is 9.96. The molecule has 6 nitrogen and oxygen atoms in total. The maximum atomic E-state index is 11.7. The number of pyridine rings is 1. The smallest absolute Gasteiger partial charge is 0.236 e. The molecule has 39 heavy (non-hydrogen) atoms. The molecule has 4 aromatic rings. The Morgan fingerprint density at radius 2 is 1.92 bits per heavy atom. The lowest BCUT2D eigenvalue weighted by Crippen LogP contribution is -2.08. The van der Waals surface area contributed by atoms with Gasteiger partial charge in [0.05, 0.1) is 23.2 Å². The van der Waals surface area contributed by atoms with Crippen LogP contribution in [0.5, 0.6) is 11.8 Å². The molecule has 0 fully saturated rings. The molecule has 0 saturated heterocycles. The Labute approximate surface area is 243 Å². The van der Waals surface area contributed by atoms with Crippen molar-refractivity contribution in [1.82, 2.24) is 4.98 Å². The molecule has 5 rings (SSSR count). The largest absolute Gasteiger partial charge is 0.472 e. The van der Waals surface area contributed by atoms with E-state index in [0.29, 0.717) is 34.5 Å². The highest BCUT2D eigenvalue weighted by molar-refractivity contribution is 9.10. The molecule has 0 saturated carbocycles. The first-order valence-electron chi connectivity index (χ1n) is 11.8. The number of nitrogens with zero attached hydrogens (tertiary/aromatic N) is 3. The number of hydrogen-bond acceptors (Lipinski definition) is 5. The van der Waals surface area contributed by atoms with Crippen molar-refractivity contribution in [3.8, 4) is 29.0 Å². The summed E-state index contributed by atoms with van der Waals surface area (Å²) in [5.41, 5.74) is 5.56. The van der Waals surface area contributed by atoms with Gasteiger partial charge in [0.2, 0.25) is 11.8 Å². The van der Waals surface area contributed by atoms with Gasteiger partial charge in [0.1, 0.15) is 17.7 Å². The third-order valence-electron chi connectivity index (χ3n) is 6.39. The molecule has 9 heteroatoms. The summed E-state index contributed by atoms with van der Waals surface area (Å²) in [5, 5.41) is 10.1. The van der Waals surface area contributed by atoms with Crippen molar-refractivity contribution >= 4 is 51.1 Å². The van der Waals surface area contributed by atoms with Gasteiger partial charge >= 0.3 is 0 Å². The lowest BCUT2D eigenvalue weighted by Gasteiger charge is -2.18. The second kappa shape index (κ2) is 11.5. The van der Waals surface area contributed by atoms with Crippen molar-refractivity contribution < 1.29 is 14.3 Å². The van der Waals surface area contributed by atoms with Gasteiger partial charge in [-0.2, -0.15) is 10.2 Å². The molecule has 1 atom stereocenters. The minimum atomic E-state index is -0.306. The number of nitriles is 1. The molecular weight excluding hydrogens is 601 g/mol. The molecule has 0 aliphatic heterocycles. The van der Waals surface area contributed by atoms with E-state index in [0.717, 1.165) is 33.1 Å². The van der Waals surface area contributed by atoms with Crippen LogP contribution in [-0.4, -0.2) is 11.3 Å². The molecule has 3 aromatic carbocycles. The minimum Gasteiger partial charge on any atom is -0.472 e. The number of fused-ring (bicyclic) bond motifs is 1. The van der Waals surface area contributed by atoms with Gasteiger partial charge in [-0.05, 0) is 81.4 Å². The number of hydrogen-bond donors (Lipinski definition) is 0. The van der Waals surface area contributed by atoms with Gasteiger partial charge in [-0.15, -0.1) is 0 Å². The summed E-state index contributed by atoms with van der Waals surface area (Å²) in [7, 11) is 0. The summed E-state index contributed by atoms with van der Waals surface area (Å²) >= 11 is 16.6. The molecule has 0 amide bonds. The van der Waals surface area contributed by atoms with E-state index in [4.69, 9.17) is 39.2 Å². The van der Waals surface area contributed by atoms with Gasteiger partial charge in [0, 0.05) is 15.6 Å². The van der Waals surface area contributed by atoms with Gasteiger partial charge < -0.3 is 9.47 Å². The third-order valence-corrected chi connectivity index (χ3v) is 7.95. The fraction of sp³-hybridized carbons (Fsp3) is 0.133. The van der Waals surface area contributed by atoms with Crippen LogP contribution in [0.1, 0.15) is 45.1 Å². The second-order valence-electron chi connectivity index (χ2n) is 8.81. The standard InChI is InChI=1S/C30H18BrCl2N3O3/c1-35-20-11-17(14-34)10-18(12-20)16-38-29-19(15-37)13-26(32)30(36-29)39-27-9-8-22-21(4-2-5-23(22)27)24-6-3-7-25(31)28(24)33/h2-7,10-13,15,27H,8-9,16H2/t27-/m0/s1. The van der Waals surface area contributed by atoms with E-state index in [1.54, 1.807) is 12.1 Å². The first-order chi connectivity index (χ1) is 18.9. The normalized spacial score (nSPS) is 13.7. The van der Waals surface area contributed by atoms with Gasteiger partial charge in [-0.3, -0.25) is 4.79 Å². The number of ether oxygens (including phenoxy) is 2. The van der Waals surface area contributed by atoms with Gasteiger partial charge in [-0.1, -0.05) is 53.5 Å². The fourth-order valence-electron chi connectivity index (χ4n) is 4.63. The number of aromatic nitrogens is 1. The van der Waals surface area contributed by atoms with Crippen LogP contribution in [-0.2, 0) is 13.0 Å². The summed E-state index contributed by atoms with van der Waals surface area (Å²) < 4.78 is 12.9. The molecule has 192 valence electrons. The zero-order valence-corrected chi connectivity index (χ0v) is 23.3. The molecule has 0 spiro atoms. The molecule has 0 bridgehead atoms. The van der Waals surface area contributed by atoms with Crippen LogP contribution >= 0.6 is 39.1 Å². The summed E-state index contributed by atoms with van der Waals surface area (Å²) in [6.45, 7) is 7.24. The Balaban J connectivity index is 1.42. The molecular formula is C30H18BrCl2N3O3. The van der Waals surface area contributed by atoms with Crippen molar-refractivity contribution in [3.63, 3.8) is 0 Å². The number of halogens is 3. The maximum Gasteiger partial charge on any atom is 0.236 e. The van der Waals surface area contributed by atoms with Crippen molar-refractivity contribution in [2.24, 2.45) is 0 Å².